The van der Waals surface area contributed by atoms with Crippen molar-refractivity contribution in [3.63, 3.8) is 0 Å². The number of amides is 2. The fraction of sp³-hybridized carbons (Fsp3) is 0.533. The number of imide groups is 1. The summed E-state index contributed by atoms with van der Waals surface area (Å²) in [5.41, 5.74) is 0.841. The number of nitrogens with one attached hydrogen (secondary N) is 1. The molecule has 0 aliphatic carbocycles. The number of pyridine rings is 1. The van der Waals surface area contributed by atoms with Crippen molar-refractivity contribution in [2.75, 3.05) is 5.32 Å². The van der Waals surface area contributed by atoms with Gasteiger partial charge < -0.3 is 5.32 Å². The minimum Gasteiger partial charge on any atom is -0.358 e. The van der Waals surface area contributed by atoms with Crippen molar-refractivity contribution in [3.05, 3.63) is 22.3 Å². The van der Waals surface area contributed by atoms with Crippen LogP contribution in [-0.2, 0) is 9.59 Å². The quantitative estimate of drug-likeness (QED) is 0.826. The molecule has 2 amide bonds. The second kappa shape index (κ2) is 6.56. The highest BCUT2D eigenvalue weighted by molar-refractivity contribution is 9.10. The Morgan fingerprint density at radius 1 is 1.38 bits per heavy atom. The van der Waals surface area contributed by atoms with Crippen molar-refractivity contribution >= 4 is 33.6 Å². The summed E-state index contributed by atoms with van der Waals surface area (Å²) in [6.45, 7) is 5.87. The lowest BCUT2D eigenvalue weighted by atomic mass is 10.1. The van der Waals surface area contributed by atoms with Crippen molar-refractivity contribution < 1.29 is 9.59 Å². The highest BCUT2D eigenvalue weighted by atomic mass is 79.9. The summed E-state index contributed by atoms with van der Waals surface area (Å²) >= 11 is 3.39. The minimum atomic E-state index is -0.508. The molecule has 1 N–H and O–H groups in total. The van der Waals surface area contributed by atoms with E-state index in [4.69, 9.17) is 0 Å². The van der Waals surface area contributed by atoms with Crippen LogP contribution in [0.1, 0.15) is 38.8 Å². The summed E-state index contributed by atoms with van der Waals surface area (Å²) < 4.78 is 0.917. The zero-order valence-electron chi connectivity index (χ0n) is 12.5. The van der Waals surface area contributed by atoms with Gasteiger partial charge in [-0.15, -0.1) is 0 Å². The van der Waals surface area contributed by atoms with Gasteiger partial charge in [0.25, 0.3) is 5.91 Å². The van der Waals surface area contributed by atoms with Crippen molar-refractivity contribution in [1.82, 2.24) is 9.88 Å². The van der Waals surface area contributed by atoms with E-state index in [0.717, 1.165) is 23.0 Å². The van der Waals surface area contributed by atoms with Gasteiger partial charge in [0.1, 0.15) is 11.9 Å². The Morgan fingerprint density at radius 3 is 2.62 bits per heavy atom. The Morgan fingerprint density at radius 2 is 2.05 bits per heavy atom. The first-order valence-corrected chi connectivity index (χ1v) is 8.02. The van der Waals surface area contributed by atoms with Gasteiger partial charge in [-0.25, -0.2) is 4.98 Å². The Balaban J connectivity index is 2.13. The smallest absolute Gasteiger partial charge is 0.252 e. The predicted molar refractivity (Wildman–Crippen MR) is 84.9 cm³/mol. The maximum Gasteiger partial charge on any atom is 0.252 e. The number of hydrogen-bond donors (Lipinski definition) is 1. The molecule has 2 rings (SSSR count). The van der Waals surface area contributed by atoms with E-state index in [2.05, 4.69) is 26.2 Å². The molecule has 0 aromatic carbocycles. The third-order valence-corrected chi connectivity index (χ3v) is 4.67. The van der Waals surface area contributed by atoms with Gasteiger partial charge in [0, 0.05) is 10.5 Å². The number of nitrogens with zero attached hydrogens (tertiary/aromatic N) is 2. The fourth-order valence-corrected chi connectivity index (χ4v) is 2.83. The molecular weight excluding hydrogens is 334 g/mol. The lowest BCUT2D eigenvalue weighted by Crippen LogP contribution is -2.41. The van der Waals surface area contributed by atoms with Crippen LogP contribution in [-0.4, -0.2) is 33.8 Å². The summed E-state index contributed by atoms with van der Waals surface area (Å²) in [7, 11) is 0. The first-order chi connectivity index (χ1) is 9.97. The molecule has 1 fully saturated rings. The van der Waals surface area contributed by atoms with Crippen molar-refractivity contribution in [2.45, 2.75) is 52.1 Å². The Bertz CT molecular complexity index is 558. The van der Waals surface area contributed by atoms with E-state index < -0.39 is 6.04 Å². The SMILES string of the molecule is CCC(CC)N1C(=O)CC(Nc2ccc(Br)c(C)n2)C1=O. The highest BCUT2D eigenvalue weighted by Gasteiger charge is 2.41. The molecule has 6 heteroatoms. The number of rotatable bonds is 5. The lowest BCUT2D eigenvalue weighted by molar-refractivity contribution is -0.141. The van der Waals surface area contributed by atoms with Crippen molar-refractivity contribution in [3.8, 4) is 0 Å². The summed E-state index contributed by atoms with van der Waals surface area (Å²) in [5, 5.41) is 3.08. The zero-order chi connectivity index (χ0) is 15.6. The molecule has 0 radical (unpaired) electrons. The number of anilines is 1. The van der Waals surface area contributed by atoms with Crippen LogP contribution in [0, 0.1) is 6.92 Å². The van der Waals surface area contributed by atoms with E-state index in [1.54, 1.807) is 6.07 Å². The molecular formula is C15H20BrN3O2. The monoisotopic (exact) mass is 353 g/mol. The molecule has 1 unspecified atom stereocenters. The van der Waals surface area contributed by atoms with Gasteiger partial charge in [0.15, 0.2) is 0 Å². The topological polar surface area (TPSA) is 62.3 Å². The minimum absolute atomic E-state index is 0.00332. The van der Waals surface area contributed by atoms with Gasteiger partial charge in [-0.05, 0) is 47.8 Å². The summed E-state index contributed by atoms with van der Waals surface area (Å²) in [6.07, 6.45) is 1.78. The maximum absolute atomic E-state index is 12.4. The van der Waals surface area contributed by atoms with Gasteiger partial charge in [-0.3, -0.25) is 14.5 Å². The molecule has 5 nitrogen and oxygen atoms in total. The molecule has 21 heavy (non-hydrogen) atoms. The summed E-state index contributed by atoms with van der Waals surface area (Å²) in [4.78, 5) is 30.3. The van der Waals surface area contributed by atoms with Gasteiger partial charge in [0.2, 0.25) is 5.91 Å². The molecule has 0 spiro atoms. The van der Waals surface area contributed by atoms with E-state index in [1.807, 2.05) is 26.8 Å². The second-order valence-electron chi connectivity index (χ2n) is 5.24. The van der Waals surface area contributed by atoms with Crippen LogP contribution in [0.25, 0.3) is 0 Å². The molecule has 1 atom stereocenters. The van der Waals surface area contributed by atoms with E-state index in [1.165, 1.54) is 4.90 Å². The summed E-state index contributed by atoms with van der Waals surface area (Å²) in [6, 6.07) is 3.17. The van der Waals surface area contributed by atoms with Crippen LogP contribution in [0.3, 0.4) is 0 Å². The number of hydrogen-bond acceptors (Lipinski definition) is 4. The average Bonchev–Trinajstić information content (AvgIpc) is 2.72. The lowest BCUT2D eigenvalue weighted by Gasteiger charge is -2.24. The average molecular weight is 354 g/mol. The van der Waals surface area contributed by atoms with Crippen LogP contribution in [0.15, 0.2) is 16.6 Å². The highest BCUT2D eigenvalue weighted by Crippen LogP contribution is 2.23. The normalized spacial score (nSPS) is 18.7. The molecule has 114 valence electrons. The Labute approximate surface area is 133 Å². The first-order valence-electron chi connectivity index (χ1n) is 7.23. The molecule has 0 saturated carbocycles. The van der Waals surface area contributed by atoms with Crippen molar-refractivity contribution in [1.29, 1.82) is 0 Å². The van der Waals surface area contributed by atoms with Gasteiger partial charge >= 0.3 is 0 Å². The third-order valence-electron chi connectivity index (χ3n) is 3.83. The van der Waals surface area contributed by atoms with Crippen LogP contribution in [0.2, 0.25) is 0 Å². The molecule has 1 aliphatic rings. The second-order valence-corrected chi connectivity index (χ2v) is 6.09. The predicted octanol–water partition coefficient (Wildman–Crippen LogP) is 2.88. The molecule has 1 saturated heterocycles. The van der Waals surface area contributed by atoms with Gasteiger partial charge in [-0.2, -0.15) is 0 Å². The molecule has 1 aliphatic heterocycles. The van der Waals surface area contributed by atoms with E-state index >= 15 is 0 Å². The number of likely N-dealkylation sites (tertiary alicyclic amines) is 1. The Kier molecular flexibility index (Phi) is 4.98. The number of carbonyl (C=O) groups excluding carboxylic acids is 2. The van der Waals surface area contributed by atoms with Gasteiger partial charge in [-0.1, -0.05) is 13.8 Å². The number of halogens is 1. The number of carbonyl (C=O) groups is 2. The molecule has 0 bridgehead atoms. The molecule has 1 aromatic rings. The van der Waals surface area contributed by atoms with Crippen LogP contribution in [0.5, 0.6) is 0 Å². The molecule has 1 aromatic heterocycles. The van der Waals surface area contributed by atoms with E-state index in [0.29, 0.717) is 5.82 Å². The Hall–Kier alpha value is -1.43. The number of aromatic nitrogens is 1. The zero-order valence-corrected chi connectivity index (χ0v) is 14.1. The van der Waals surface area contributed by atoms with Crippen molar-refractivity contribution in [2.24, 2.45) is 0 Å². The molecule has 2 heterocycles. The summed E-state index contributed by atoms with van der Waals surface area (Å²) in [5.74, 6) is 0.379. The standard InChI is InChI=1S/C15H20BrN3O2/c1-4-10(5-2)19-14(20)8-12(15(19)21)18-13-7-6-11(16)9(3)17-13/h6-7,10,12H,4-5,8H2,1-3H3,(H,17,18). The fourth-order valence-electron chi connectivity index (χ4n) is 2.60. The van der Waals surface area contributed by atoms with Crippen LogP contribution < -0.4 is 5.32 Å². The van der Waals surface area contributed by atoms with Crippen LogP contribution in [0.4, 0.5) is 5.82 Å². The van der Waals surface area contributed by atoms with Crippen LogP contribution >= 0.6 is 15.9 Å². The van der Waals surface area contributed by atoms with E-state index in [9.17, 15) is 9.59 Å². The third kappa shape index (κ3) is 3.26. The first kappa shape index (κ1) is 15.9. The largest absolute Gasteiger partial charge is 0.358 e. The van der Waals surface area contributed by atoms with E-state index in [-0.39, 0.29) is 24.3 Å². The van der Waals surface area contributed by atoms with Gasteiger partial charge in [0.05, 0.1) is 12.1 Å². The number of aryl methyl sites for hydroxylation is 1. The maximum atomic E-state index is 12.4.